The van der Waals surface area contributed by atoms with E-state index in [1.54, 1.807) is 0 Å². The molecule has 1 aliphatic heterocycles. The van der Waals surface area contributed by atoms with E-state index in [0.29, 0.717) is 0 Å². The molecular weight excluding hydrogens is 466 g/mol. The number of piperidine rings is 1. The fraction of sp³-hybridized carbons (Fsp3) is 0.276. The Morgan fingerprint density at radius 1 is 0.833 bits per heavy atom. The van der Waals surface area contributed by atoms with Crippen LogP contribution >= 0.6 is 11.8 Å². The summed E-state index contributed by atoms with van der Waals surface area (Å²) in [6, 6.07) is 28.5. The fourth-order valence-electron chi connectivity index (χ4n) is 4.58. The molecule has 1 amide bonds. The molecule has 0 unspecified atom stereocenters. The maximum atomic E-state index is 13.0. The lowest BCUT2D eigenvalue weighted by molar-refractivity contribution is -0.113. The van der Waals surface area contributed by atoms with Gasteiger partial charge in [0.25, 0.3) is 0 Å². The highest BCUT2D eigenvalue weighted by Gasteiger charge is 2.19. The highest BCUT2D eigenvalue weighted by molar-refractivity contribution is 7.99. The molecule has 1 saturated heterocycles. The first kappa shape index (κ1) is 24.3. The van der Waals surface area contributed by atoms with Gasteiger partial charge in [-0.25, -0.2) is 0 Å². The van der Waals surface area contributed by atoms with Gasteiger partial charge in [-0.2, -0.15) is 0 Å². The molecule has 0 saturated carbocycles. The van der Waals surface area contributed by atoms with E-state index in [-0.39, 0.29) is 11.7 Å². The van der Waals surface area contributed by atoms with E-state index in [2.05, 4.69) is 55.3 Å². The second-order valence-electron chi connectivity index (χ2n) is 9.06. The number of nitrogens with zero attached hydrogens (tertiary/aromatic N) is 4. The summed E-state index contributed by atoms with van der Waals surface area (Å²) < 4.78 is 2.09. The summed E-state index contributed by atoms with van der Waals surface area (Å²) in [5.74, 6) is 1.12. The van der Waals surface area contributed by atoms with Gasteiger partial charge in [0.1, 0.15) is 0 Å². The van der Waals surface area contributed by atoms with E-state index >= 15 is 0 Å². The average Bonchev–Trinajstić information content (AvgIpc) is 3.32. The topological polar surface area (TPSA) is 63.1 Å². The zero-order valence-corrected chi connectivity index (χ0v) is 21.2. The van der Waals surface area contributed by atoms with Gasteiger partial charge in [0.15, 0.2) is 11.0 Å². The van der Waals surface area contributed by atoms with Crippen LogP contribution in [0.1, 0.15) is 36.2 Å². The van der Waals surface area contributed by atoms with Gasteiger partial charge in [-0.15, -0.1) is 10.2 Å². The predicted octanol–water partition coefficient (Wildman–Crippen LogP) is 5.57. The van der Waals surface area contributed by atoms with E-state index in [4.69, 9.17) is 0 Å². The number of benzene rings is 3. The van der Waals surface area contributed by atoms with Gasteiger partial charge in [-0.3, -0.25) is 14.3 Å². The Bertz CT molecular complexity index is 1270. The van der Waals surface area contributed by atoms with Crippen LogP contribution in [0, 0.1) is 0 Å². The van der Waals surface area contributed by atoms with Gasteiger partial charge < -0.3 is 5.32 Å². The normalized spacial score (nSPS) is 14.0. The van der Waals surface area contributed by atoms with Crippen LogP contribution < -0.4 is 5.32 Å². The highest BCUT2D eigenvalue weighted by Crippen LogP contribution is 2.25. The summed E-state index contributed by atoms with van der Waals surface area (Å²) >= 11 is 1.42. The number of nitrogens with one attached hydrogen (secondary N) is 1. The first-order valence-electron chi connectivity index (χ1n) is 12.5. The minimum atomic E-state index is -0.0549. The van der Waals surface area contributed by atoms with Gasteiger partial charge in [0.05, 0.1) is 12.3 Å². The number of hydrogen-bond acceptors (Lipinski definition) is 5. The third-order valence-corrected chi connectivity index (χ3v) is 7.32. The number of rotatable bonds is 9. The lowest BCUT2D eigenvalue weighted by Gasteiger charge is -2.26. The van der Waals surface area contributed by atoms with Crippen molar-refractivity contribution in [1.29, 1.82) is 0 Å². The summed E-state index contributed by atoms with van der Waals surface area (Å²) in [4.78, 5) is 15.4. The zero-order valence-electron chi connectivity index (χ0n) is 20.3. The molecule has 5 rings (SSSR count). The molecular formula is C29H31N5OS. The minimum absolute atomic E-state index is 0.0549. The van der Waals surface area contributed by atoms with E-state index in [0.717, 1.165) is 54.0 Å². The Kier molecular flexibility index (Phi) is 8.10. The van der Waals surface area contributed by atoms with Crippen LogP contribution in [-0.4, -0.2) is 44.4 Å². The second kappa shape index (κ2) is 12.0. The first-order chi connectivity index (χ1) is 17.8. The van der Waals surface area contributed by atoms with Gasteiger partial charge >= 0.3 is 0 Å². The molecule has 184 valence electrons. The lowest BCUT2D eigenvalue weighted by Crippen LogP contribution is -2.30. The quantitative estimate of drug-likeness (QED) is 0.306. The van der Waals surface area contributed by atoms with Gasteiger partial charge in [0.2, 0.25) is 5.91 Å². The summed E-state index contributed by atoms with van der Waals surface area (Å²) in [6.07, 6.45) is 4.53. The van der Waals surface area contributed by atoms with Crippen molar-refractivity contribution in [2.24, 2.45) is 0 Å². The summed E-state index contributed by atoms with van der Waals surface area (Å²) in [5, 5.41) is 12.9. The van der Waals surface area contributed by atoms with Gasteiger partial charge in [-0.05, 0) is 61.7 Å². The summed E-state index contributed by atoms with van der Waals surface area (Å²) in [5.41, 5.74) is 4.18. The van der Waals surface area contributed by atoms with E-state index in [1.165, 1.54) is 36.6 Å². The molecule has 3 aromatic carbocycles. The predicted molar refractivity (Wildman–Crippen MR) is 146 cm³/mol. The van der Waals surface area contributed by atoms with E-state index in [1.807, 2.05) is 54.6 Å². The SMILES string of the molecule is O=C(CSc1nnc(CN2CCCCC2)n1-c1ccccc1)Nc1ccccc1Cc1ccccc1. The van der Waals surface area contributed by atoms with Crippen LogP contribution in [0.2, 0.25) is 0 Å². The third-order valence-electron chi connectivity index (χ3n) is 6.39. The molecule has 0 atom stereocenters. The van der Waals surface area contributed by atoms with Gasteiger partial charge in [0, 0.05) is 11.4 Å². The number of para-hydroxylation sites is 2. The molecule has 4 aromatic rings. The largest absolute Gasteiger partial charge is 0.325 e. The summed E-state index contributed by atoms with van der Waals surface area (Å²) in [6.45, 7) is 2.95. The fourth-order valence-corrected chi connectivity index (χ4v) is 5.35. The van der Waals surface area contributed by atoms with Crippen molar-refractivity contribution in [3.8, 4) is 5.69 Å². The number of amides is 1. The van der Waals surface area contributed by atoms with Crippen molar-refractivity contribution < 1.29 is 4.79 Å². The van der Waals surface area contributed by atoms with Crippen molar-refractivity contribution in [1.82, 2.24) is 19.7 Å². The molecule has 1 N–H and O–H groups in total. The molecule has 1 fully saturated rings. The molecule has 2 heterocycles. The van der Waals surface area contributed by atoms with Gasteiger partial charge in [-0.1, -0.05) is 84.9 Å². The molecule has 7 heteroatoms. The molecule has 1 aliphatic rings. The lowest BCUT2D eigenvalue weighted by atomic mass is 10.0. The number of anilines is 1. The number of aromatic nitrogens is 3. The highest BCUT2D eigenvalue weighted by atomic mass is 32.2. The number of carbonyl (C=O) groups excluding carboxylic acids is 1. The Morgan fingerprint density at radius 2 is 1.53 bits per heavy atom. The molecule has 0 radical (unpaired) electrons. The van der Waals surface area contributed by atoms with E-state index in [9.17, 15) is 4.79 Å². The maximum Gasteiger partial charge on any atom is 0.234 e. The van der Waals surface area contributed by atoms with Crippen molar-refractivity contribution in [3.05, 3.63) is 102 Å². The average molecular weight is 498 g/mol. The van der Waals surface area contributed by atoms with Crippen molar-refractivity contribution >= 4 is 23.4 Å². The van der Waals surface area contributed by atoms with Crippen molar-refractivity contribution in [2.75, 3.05) is 24.2 Å². The van der Waals surface area contributed by atoms with E-state index < -0.39 is 0 Å². The Balaban J connectivity index is 1.28. The number of likely N-dealkylation sites (tertiary alicyclic amines) is 1. The molecule has 0 bridgehead atoms. The third kappa shape index (κ3) is 6.22. The number of carbonyl (C=O) groups is 1. The Labute approximate surface area is 216 Å². The number of hydrogen-bond donors (Lipinski definition) is 1. The molecule has 0 spiro atoms. The van der Waals surface area contributed by atoms with Crippen LogP contribution in [-0.2, 0) is 17.8 Å². The van der Waals surface area contributed by atoms with Crippen molar-refractivity contribution in [2.45, 2.75) is 37.4 Å². The monoisotopic (exact) mass is 497 g/mol. The minimum Gasteiger partial charge on any atom is -0.325 e. The maximum absolute atomic E-state index is 13.0. The van der Waals surface area contributed by atoms with Crippen molar-refractivity contribution in [3.63, 3.8) is 0 Å². The molecule has 36 heavy (non-hydrogen) atoms. The second-order valence-corrected chi connectivity index (χ2v) is 10.0. The first-order valence-corrected chi connectivity index (χ1v) is 13.5. The van der Waals surface area contributed by atoms with Crippen LogP contribution in [0.4, 0.5) is 5.69 Å². The molecule has 6 nitrogen and oxygen atoms in total. The zero-order chi connectivity index (χ0) is 24.6. The van der Waals surface area contributed by atoms with Crippen LogP contribution in [0.25, 0.3) is 5.69 Å². The molecule has 1 aromatic heterocycles. The Morgan fingerprint density at radius 3 is 2.31 bits per heavy atom. The van der Waals surface area contributed by atoms with Crippen LogP contribution in [0.5, 0.6) is 0 Å². The summed E-state index contributed by atoms with van der Waals surface area (Å²) in [7, 11) is 0. The smallest absolute Gasteiger partial charge is 0.234 e. The Hall–Kier alpha value is -3.42. The van der Waals surface area contributed by atoms with Crippen LogP contribution in [0.3, 0.4) is 0 Å². The molecule has 0 aliphatic carbocycles. The standard InChI is InChI=1S/C29H31N5OS/c35-28(30-26-17-9-8-14-24(26)20-23-12-4-1-5-13-23)22-36-29-32-31-27(21-33-18-10-3-11-19-33)34(29)25-15-6-2-7-16-25/h1-2,4-9,12-17H,3,10-11,18-22H2,(H,30,35). The number of thioether (sulfide) groups is 1. The van der Waals surface area contributed by atoms with Crippen LogP contribution in [0.15, 0.2) is 90.1 Å².